The van der Waals surface area contributed by atoms with E-state index in [0.29, 0.717) is 5.75 Å². The minimum Gasteiger partial charge on any atom is -0.493 e. The van der Waals surface area contributed by atoms with Gasteiger partial charge in [0.15, 0.2) is 11.5 Å². The van der Waals surface area contributed by atoms with E-state index in [1.54, 1.807) is 13.2 Å². The van der Waals surface area contributed by atoms with E-state index < -0.39 is 0 Å². The molecule has 1 unspecified atom stereocenters. The molecule has 0 radical (unpaired) electrons. The van der Waals surface area contributed by atoms with Crippen molar-refractivity contribution in [2.24, 2.45) is 0 Å². The van der Waals surface area contributed by atoms with Crippen LogP contribution in [0.3, 0.4) is 0 Å². The van der Waals surface area contributed by atoms with E-state index in [2.05, 4.69) is 6.58 Å². The Morgan fingerprint density at radius 1 is 0.944 bits per heavy atom. The molecule has 0 saturated carbocycles. The van der Waals surface area contributed by atoms with E-state index in [0.717, 1.165) is 11.3 Å². The molecule has 0 aliphatic rings. The van der Waals surface area contributed by atoms with Gasteiger partial charge >= 0.3 is 0 Å². The highest BCUT2D eigenvalue weighted by Gasteiger charge is 2.11. The Bertz CT molecular complexity index is 506. The SMILES string of the molecule is C=CC(Oc1ccccc1OC)c1ccccc1. The smallest absolute Gasteiger partial charge is 0.162 e. The first-order chi connectivity index (χ1) is 8.85. The predicted molar refractivity (Wildman–Crippen MR) is 73.0 cm³/mol. The quantitative estimate of drug-likeness (QED) is 0.735. The Morgan fingerprint density at radius 3 is 2.17 bits per heavy atom. The average molecular weight is 240 g/mol. The van der Waals surface area contributed by atoms with Crippen LogP contribution in [-0.2, 0) is 0 Å². The fourth-order valence-electron chi connectivity index (χ4n) is 1.75. The van der Waals surface area contributed by atoms with Crippen molar-refractivity contribution in [2.45, 2.75) is 6.10 Å². The van der Waals surface area contributed by atoms with E-state index in [-0.39, 0.29) is 6.10 Å². The van der Waals surface area contributed by atoms with Gasteiger partial charge in [0.25, 0.3) is 0 Å². The Balaban J connectivity index is 2.23. The van der Waals surface area contributed by atoms with Gasteiger partial charge in [-0.05, 0) is 23.8 Å². The highest BCUT2D eigenvalue weighted by Crippen LogP contribution is 2.30. The van der Waals surface area contributed by atoms with Crippen LogP contribution in [0.4, 0.5) is 0 Å². The standard InChI is InChI=1S/C16H16O2/c1-3-14(13-9-5-4-6-10-13)18-16-12-8-7-11-15(16)17-2/h3-12,14H,1H2,2H3. The monoisotopic (exact) mass is 240 g/mol. The van der Waals surface area contributed by atoms with Crippen LogP contribution in [0.15, 0.2) is 67.3 Å². The van der Waals surface area contributed by atoms with Crippen LogP contribution in [0.5, 0.6) is 11.5 Å². The summed E-state index contributed by atoms with van der Waals surface area (Å²) in [6.07, 6.45) is 1.60. The predicted octanol–water partition coefficient (Wildman–Crippen LogP) is 4.00. The molecule has 0 aromatic heterocycles. The van der Waals surface area contributed by atoms with Gasteiger partial charge in [-0.25, -0.2) is 0 Å². The summed E-state index contributed by atoms with van der Waals surface area (Å²) >= 11 is 0. The molecule has 2 rings (SSSR count). The lowest BCUT2D eigenvalue weighted by Gasteiger charge is -2.17. The van der Waals surface area contributed by atoms with Crippen molar-refractivity contribution < 1.29 is 9.47 Å². The zero-order chi connectivity index (χ0) is 12.8. The molecule has 0 amide bonds. The van der Waals surface area contributed by atoms with Crippen molar-refractivity contribution in [3.8, 4) is 11.5 Å². The minimum absolute atomic E-state index is 0.178. The fraction of sp³-hybridized carbons (Fsp3) is 0.125. The maximum absolute atomic E-state index is 5.93. The molecule has 2 heteroatoms. The van der Waals surface area contributed by atoms with Crippen molar-refractivity contribution >= 4 is 0 Å². The Kier molecular flexibility index (Phi) is 4.02. The van der Waals surface area contributed by atoms with E-state index in [1.807, 2.05) is 54.6 Å². The third-order valence-electron chi connectivity index (χ3n) is 2.67. The molecule has 18 heavy (non-hydrogen) atoms. The topological polar surface area (TPSA) is 18.5 Å². The molecule has 0 N–H and O–H groups in total. The second kappa shape index (κ2) is 5.92. The number of hydrogen-bond acceptors (Lipinski definition) is 2. The summed E-state index contributed by atoms with van der Waals surface area (Å²) in [6, 6.07) is 17.6. The van der Waals surface area contributed by atoms with Crippen LogP contribution in [0.2, 0.25) is 0 Å². The number of ether oxygens (including phenoxy) is 2. The number of methoxy groups -OCH3 is 1. The zero-order valence-corrected chi connectivity index (χ0v) is 10.4. The molecule has 92 valence electrons. The van der Waals surface area contributed by atoms with Crippen molar-refractivity contribution in [3.63, 3.8) is 0 Å². The van der Waals surface area contributed by atoms with Crippen molar-refractivity contribution in [3.05, 3.63) is 72.8 Å². The second-order valence-corrected chi connectivity index (χ2v) is 3.84. The molecule has 0 spiro atoms. The number of rotatable bonds is 5. The van der Waals surface area contributed by atoms with Crippen LogP contribution < -0.4 is 9.47 Å². The van der Waals surface area contributed by atoms with Crippen LogP contribution in [0.25, 0.3) is 0 Å². The van der Waals surface area contributed by atoms with Crippen LogP contribution >= 0.6 is 0 Å². The van der Waals surface area contributed by atoms with E-state index in [9.17, 15) is 0 Å². The second-order valence-electron chi connectivity index (χ2n) is 3.84. The maximum Gasteiger partial charge on any atom is 0.162 e. The summed E-state index contributed by atoms with van der Waals surface area (Å²) in [5.74, 6) is 1.44. The normalized spacial score (nSPS) is 11.6. The molecule has 2 aromatic rings. The van der Waals surface area contributed by atoms with E-state index in [1.165, 1.54) is 0 Å². The molecular weight excluding hydrogens is 224 g/mol. The molecular formula is C16H16O2. The van der Waals surface area contributed by atoms with Gasteiger partial charge in [0.1, 0.15) is 6.10 Å². The number of para-hydroxylation sites is 2. The molecule has 2 aromatic carbocycles. The summed E-state index contributed by atoms with van der Waals surface area (Å²) in [4.78, 5) is 0. The lowest BCUT2D eigenvalue weighted by Crippen LogP contribution is -2.05. The zero-order valence-electron chi connectivity index (χ0n) is 10.4. The lowest BCUT2D eigenvalue weighted by atomic mass is 10.1. The van der Waals surface area contributed by atoms with Gasteiger partial charge in [-0.15, -0.1) is 0 Å². The summed E-state index contributed by atoms with van der Waals surface area (Å²) < 4.78 is 11.2. The third kappa shape index (κ3) is 2.72. The van der Waals surface area contributed by atoms with Crippen LogP contribution in [-0.4, -0.2) is 7.11 Å². The molecule has 2 nitrogen and oxygen atoms in total. The summed E-state index contributed by atoms with van der Waals surface area (Å²) in [6.45, 7) is 3.82. The average Bonchev–Trinajstić information content (AvgIpc) is 2.46. The minimum atomic E-state index is -0.178. The van der Waals surface area contributed by atoms with Crippen LogP contribution in [0, 0.1) is 0 Å². The van der Waals surface area contributed by atoms with Gasteiger partial charge in [0.2, 0.25) is 0 Å². The molecule has 0 aliphatic carbocycles. The summed E-state index contributed by atoms with van der Waals surface area (Å²) in [5.41, 5.74) is 1.07. The van der Waals surface area contributed by atoms with Gasteiger partial charge in [0.05, 0.1) is 7.11 Å². The lowest BCUT2D eigenvalue weighted by molar-refractivity contribution is 0.242. The number of benzene rings is 2. The van der Waals surface area contributed by atoms with Gasteiger partial charge < -0.3 is 9.47 Å². The van der Waals surface area contributed by atoms with Gasteiger partial charge in [-0.2, -0.15) is 0 Å². The largest absolute Gasteiger partial charge is 0.493 e. The fourth-order valence-corrected chi connectivity index (χ4v) is 1.75. The number of hydrogen-bond donors (Lipinski definition) is 0. The Labute approximate surface area is 107 Å². The van der Waals surface area contributed by atoms with E-state index >= 15 is 0 Å². The molecule has 1 atom stereocenters. The first-order valence-corrected chi connectivity index (χ1v) is 5.82. The molecule has 0 fully saturated rings. The van der Waals surface area contributed by atoms with Crippen LogP contribution in [0.1, 0.15) is 11.7 Å². The van der Waals surface area contributed by atoms with Gasteiger partial charge in [-0.1, -0.05) is 49.0 Å². The maximum atomic E-state index is 5.93. The molecule has 0 heterocycles. The Morgan fingerprint density at radius 2 is 1.56 bits per heavy atom. The highest BCUT2D eigenvalue weighted by atomic mass is 16.5. The van der Waals surface area contributed by atoms with Gasteiger partial charge in [-0.3, -0.25) is 0 Å². The Hall–Kier alpha value is -2.22. The summed E-state index contributed by atoms with van der Waals surface area (Å²) in [7, 11) is 1.63. The van der Waals surface area contributed by atoms with Crippen molar-refractivity contribution in [1.29, 1.82) is 0 Å². The molecule has 0 aliphatic heterocycles. The van der Waals surface area contributed by atoms with Gasteiger partial charge in [0, 0.05) is 0 Å². The van der Waals surface area contributed by atoms with E-state index in [4.69, 9.17) is 9.47 Å². The van der Waals surface area contributed by atoms with Crippen molar-refractivity contribution in [2.75, 3.05) is 7.11 Å². The summed E-state index contributed by atoms with van der Waals surface area (Å²) in [5, 5.41) is 0. The first-order valence-electron chi connectivity index (χ1n) is 5.82. The molecule has 0 saturated heterocycles. The third-order valence-corrected chi connectivity index (χ3v) is 2.67. The highest BCUT2D eigenvalue weighted by molar-refractivity contribution is 5.40. The molecule has 0 bridgehead atoms. The first kappa shape index (κ1) is 12.2. The van der Waals surface area contributed by atoms with Crippen molar-refractivity contribution in [1.82, 2.24) is 0 Å².